The quantitative estimate of drug-likeness (QED) is 0.403. The molecule has 5 rings (SSSR count). The number of ether oxygens (including phenoxy) is 1. The molecule has 0 spiro atoms. The van der Waals surface area contributed by atoms with Crippen LogP contribution in [0, 0.1) is 0 Å². The number of benzene rings is 2. The van der Waals surface area contributed by atoms with E-state index in [9.17, 15) is 19.2 Å². The van der Waals surface area contributed by atoms with E-state index in [2.05, 4.69) is 21.0 Å². The zero-order valence-corrected chi connectivity index (χ0v) is 24.4. The molecule has 4 atom stereocenters. The van der Waals surface area contributed by atoms with Gasteiger partial charge in [0.05, 0.1) is 5.69 Å². The second-order valence-corrected chi connectivity index (χ2v) is 11.1. The van der Waals surface area contributed by atoms with Crippen molar-refractivity contribution in [2.45, 2.75) is 70.2 Å². The van der Waals surface area contributed by atoms with E-state index in [1.807, 2.05) is 61.5 Å². The molecule has 3 heterocycles. The van der Waals surface area contributed by atoms with Gasteiger partial charge in [0.2, 0.25) is 11.8 Å². The Hall–Kier alpha value is -4.57. The lowest BCUT2D eigenvalue weighted by atomic mass is 10.0. The van der Waals surface area contributed by atoms with E-state index in [-0.39, 0.29) is 18.2 Å². The fourth-order valence-electron chi connectivity index (χ4n) is 5.33. The predicted octanol–water partition coefficient (Wildman–Crippen LogP) is 3.37. The highest BCUT2D eigenvalue weighted by atomic mass is 16.5. The summed E-state index contributed by atoms with van der Waals surface area (Å²) >= 11 is 0. The van der Waals surface area contributed by atoms with Crippen LogP contribution in [-0.2, 0) is 30.3 Å². The van der Waals surface area contributed by atoms with Crippen molar-refractivity contribution < 1.29 is 23.9 Å². The number of cyclic esters (lactones) is 1. The standard InChI is InChI=1S/C33H37N5O5/c1-21-32(41)38-17-7-11-29(37-38)33(42)43-22(2)24-14-15-25-20-34-27(19-26(25)18-24)10-6-12-30(39)36-28(31(40)35-21)16-13-23-8-4-3-5-9-23/h3-6,8-10,14-15,18-22,28-29,37H,7,11-13,16-17H2,1-2H3,(H,35,40)(H,36,39)/t21-,22+,28-,29-/m0/s1. The van der Waals surface area contributed by atoms with E-state index in [1.54, 1.807) is 25.3 Å². The van der Waals surface area contributed by atoms with E-state index in [1.165, 1.54) is 5.01 Å². The molecule has 10 heteroatoms. The van der Waals surface area contributed by atoms with Crippen LogP contribution in [0.4, 0.5) is 0 Å². The summed E-state index contributed by atoms with van der Waals surface area (Å²) in [5.41, 5.74) is 5.53. The van der Waals surface area contributed by atoms with Gasteiger partial charge >= 0.3 is 5.97 Å². The number of carbonyl (C=O) groups excluding carboxylic acids is 4. The summed E-state index contributed by atoms with van der Waals surface area (Å²) in [7, 11) is 0. The minimum Gasteiger partial charge on any atom is -0.457 e. The first-order valence-corrected chi connectivity index (χ1v) is 14.7. The van der Waals surface area contributed by atoms with E-state index in [0.29, 0.717) is 37.9 Å². The molecule has 3 N–H and O–H groups in total. The molecule has 0 radical (unpaired) electrons. The Bertz CT molecular complexity index is 1520. The van der Waals surface area contributed by atoms with Gasteiger partial charge in [-0.3, -0.25) is 29.2 Å². The molecule has 2 aromatic carbocycles. The second-order valence-electron chi connectivity index (χ2n) is 11.1. The van der Waals surface area contributed by atoms with Gasteiger partial charge in [-0.1, -0.05) is 48.5 Å². The lowest BCUT2D eigenvalue weighted by molar-refractivity contribution is -0.157. The SMILES string of the molecule is C[C@@H]1NC(=O)[C@H](CCc2ccccc2)NC(=O)CC=Cc2cc3cc(ccc3cn2)[C@@H](C)OC(=O)[C@@H]2CCCN(N2)C1=O. The zero-order chi connectivity index (χ0) is 30.3. The number of aryl methyl sites for hydroxylation is 1. The van der Waals surface area contributed by atoms with Gasteiger partial charge in [-0.15, -0.1) is 0 Å². The van der Waals surface area contributed by atoms with Gasteiger partial charge in [0, 0.05) is 24.5 Å². The van der Waals surface area contributed by atoms with Crippen LogP contribution in [0.1, 0.15) is 62.5 Å². The highest BCUT2D eigenvalue weighted by Crippen LogP contribution is 2.24. The van der Waals surface area contributed by atoms with Crippen molar-refractivity contribution in [3.63, 3.8) is 0 Å². The van der Waals surface area contributed by atoms with Crippen LogP contribution in [-0.4, -0.2) is 58.4 Å². The molecule has 3 amide bonds. The van der Waals surface area contributed by atoms with Crippen LogP contribution in [0.25, 0.3) is 16.8 Å². The van der Waals surface area contributed by atoms with Gasteiger partial charge in [-0.25, -0.2) is 5.43 Å². The van der Waals surface area contributed by atoms with Gasteiger partial charge in [-0.2, -0.15) is 0 Å². The maximum Gasteiger partial charge on any atom is 0.325 e. The largest absolute Gasteiger partial charge is 0.457 e. The summed E-state index contributed by atoms with van der Waals surface area (Å²) in [6.07, 6.45) is 6.80. The molecule has 1 saturated heterocycles. The Labute approximate surface area is 250 Å². The number of carbonyl (C=O) groups is 4. The minimum absolute atomic E-state index is 0.0510. The third kappa shape index (κ3) is 7.64. The molecule has 5 bridgehead atoms. The molecule has 0 aliphatic carbocycles. The normalized spacial score (nSPS) is 23.9. The first-order valence-electron chi connectivity index (χ1n) is 14.7. The van der Waals surface area contributed by atoms with Gasteiger partial charge in [0.15, 0.2) is 0 Å². The highest BCUT2D eigenvalue weighted by Gasteiger charge is 2.33. The molecule has 3 aromatic rings. The molecule has 10 nitrogen and oxygen atoms in total. The molecule has 224 valence electrons. The summed E-state index contributed by atoms with van der Waals surface area (Å²) in [5.74, 6) is -1.59. The Kier molecular flexibility index (Phi) is 9.46. The smallest absolute Gasteiger partial charge is 0.325 e. The Morgan fingerprint density at radius 3 is 2.60 bits per heavy atom. The van der Waals surface area contributed by atoms with E-state index >= 15 is 0 Å². The Balaban J connectivity index is 1.41. The van der Waals surface area contributed by atoms with Crippen molar-refractivity contribution in [1.29, 1.82) is 0 Å². The van der Waals surface area contributed by atoms with Crippen molar-refractivity contribution >= 4 is 40.5 Å². The lowest BCUT2D eigenvalue weighted by Gasteiger charge is -2.35. The maximum absolute atomic E-state index is 13.4. The summed E-state index contributed by atoms with van der Waals surface area (Å²) in [4.78, 5) is 57.2. The van der Waals surface area contributed by atoms with Crippen LogP contribution >= 0.6 is 0 Å². The molecule has 43 heavy (non-hydrogen) atoms. The number of nitrogens with zero attached hydrogens (tertiary/aromatic N) is 2. The van der Waals surface area contributed by atoms with E-state index < -0.39 is 36.1 Å². The van der Waals surface area contributed by atoms with Crippen LogP contribution in [0.5, 0.6) is 0 Å². The average molecular weight is 584 g/mol. The van der Waals surface area contributed by atoms with Crippen LogP contribution in [0.15, 0.2) is 66.9 Å². The third-order valence-corrected chi connectivity index (χ3v) is 7.80. The number of hydrogen-bond donors (Lipinski definition) is 3. The predicted molar refractivity (Wildman–Crippen MR) is 162 cm³/mol. The van der Waals surface area contributed by atoms with Gasteiger partial charge < -0.3 is 15.4 Å². The third-order valence-electron chi connectivity index (χ3n) is 7.80. The van der Waals surface area contributed by atoms with Gasteiger partial charge in [-0.05, 0) is 74.3 Å². The molecular weight excluding hydrogens is 546 g/mol. The number of esters is 1. The highest BCUT2D eigenvalue weighted by molar-refractivity contribution is 5.92. The monoisotopic (exact) mass is 583 g/mol. The van der Waals surface area contributed by atoms with Crippen LogP contribution in [0.2, 0.25) is 0 Å². The average Bonchev–Trinajstić information content (AvgIpc) is 3.02. The zero-order valence-electron chi connectivity index (χ0n) is 24.4. The summed E-state index contributed by atoms with van der Waals surface area (Å²) in [6.45, 7) is 3.80. The number of hydrazine groups is 1. The summed E-state index contributed by atoms with van der Waals surface area (Å²) in [5, 5.41) is 8.84. The molecule has 0 saturated carbocycles. The van der Waals surface area contributed by atoms with Crippen LogP contribution < -0.4 is 16.1 Å². The molecular formula is C33H37N5O5. The Morgan fingerprint density at radius 1 is 0.977 bits per heavy atom. The fraction of sp³-hybridized carbons (Fsp3) is 0.364. The second kappa shape index (κ2) is 13.6. The first kappa shape index (κ1) is 29.9. The Morgan fingerprint density at radius 2 is 1.79 bits per heavy atom. The number of pyridine rings is 1. The van der Waals surface area contributed by atoms with Crippen molar-refractivity contribution in [1.82, 2.24) is 26.1 Å². The number of hydrogen-bond acceptors (Lipinski definition) is 7. The molecule has 2 aliphatic rings. The van der Waals surface area contributed by atoms with E-state index in [4.69, 9.17) is 4.74 Å². The summed E-state index contributed by atoms with van der Waals surface area (Å²) < 4.78 is 5.80. The molecule has 1 fully saturated rings. The van der Waals surface area contributed by atoms with Crippen molar-refractivity contribution in [3.8, 4) is 0 Å². The lowest BCUT2D eigenvalue weighted by Crippen LogP contribution is -2.60. The van der Waals surface area contributed by atoms with Gasteiger partial charge in [0.1, 0.15) is 24.2 Å². The van der Waals surface area contributed by atoms with E-state index in [0.717, 1.165) is 21.9 Å². The molecule has 2 aliphatic heterocycles. The number of fused-ring (bicyclic) bond motifs is 4. The fourth-order valence-corrected chi connectivity index (χ4v) is 5.33. The summed E-state index contributed by atoms with van der Waals surface area (Å²) in [6, 6.07) is 15.0. The minimum atomic E-state index is -0.886. The van der Waals surface area contributed by atoms with Crippen molar-refractivity contribution in [2.75, 3.05) is 6.54 Å². The number of amides is 3. The topological polar surface area (TPSA) is 130 Å². The first-order chi connectivity index (χ1) is 20.8. The van der Waals surface area contributed by atoms with Crippen molar-refractivity contribution in [2.24, 2.45) is 0 Å². The number of nitrogens with one attached hydrogen (secondary N) is 3. The maximum atomic E-state index is 13.4. The van der Waals surface area contributed by atoms with Crippen LogP contribution in [0.3, 0.4) is 0 Å². The number of rotatable bonds is 3. The molecule has 1 aromatic heterocycles. The number of aromatic nitrogens is 1. The molecule has 0 unspecified atom stereocenters. The van der Waals surface area contributed by atoms with Gasteiger partial charge in [0.25, 0.3) is 5.91 Å². The van der Waals surface area contributed by atoms with Crippen molar-refractivity contribution in [3.05, 3.63) is 83.7 Å².